The Morgan fingerprint density at radius 1 is 0.449 bits per heavy atom. The van der Waals surface area contributed by atoms with E-state index in [0.29, 0.717) is 12.8 Å². The summed E-state index contributed by atoms with van der Waals surface area (Å²) in [6.07, 6.45) is 38.1. The van der Waals surface area contributed by atoms with Gasteiger partial charge in [0.15, 0.2) is 6.10 Å². The molecule has 0 saturated heterocycles. The van der Waals surface area contributed by atoms with Gasteiger partial charge in [-0.3, -0.25) is 18.6 Å². The number of unbranched alkanes of at least 4 members (excludes halogenated alkanes) is 35. The van der Waals surface area contributed by atoms with E-state index in [1.54, 1.807) is 0 Å². The Morgan fingerprint density at radius 2 is 0.768 bits per heavy atom. The van der Waals surface area contributed by atoms with Crippen molar-refractivity contribution in [3.05, 3.63) is 12.2 Å². The highest BCUT2D eigenvalue weighted by Crippen LogP contribution is 2.47. The SMILES string of the molecule is CCCCCCCC/C=C/CCCCCCCCCCCCCCCCCCCC(=O)OC[C@H](O)COP(=O)(O)O[C@@H]1C(OC(=O)CCCCCCCCCCCCCCC)C(O)[C@@H](O)[C@@H](O)C1O. The van der Waals surface area contributed by atoms with Gasteiger partial charge in [0.05, 0.1) is 6.61 Å². The lowest BCUT2D eigenvalue weighted by Gasteiger charge is -2.43. The molecule has 14 heteroatoms. The summed E-state index contributed by atoms with van der Waals surface area (Å²) in [5.41, 5.74) is 0. The minimum absolute atomic E-state index is 0.0283. The first-order valence-electron chi connectivity index (χ1n) is 28.5. The van der Waals surface area contributed by atoms with E-state index in [2.05, 4.69) is 26.0 Å². The standard InChI is InChI=1S/C55H105O13P/c1-3-5-7-9-11-13-15-17-18-19-20-21-22-23-24-25-26-27-28-29-30-32-33-35-37-39-41-43-48(57)65-45-47(56)46-66-69(63,64)68-55-53(62)51(60)50(59)52(61)54(55)67-49(58)44-42-40-38-36-34-31-16-14-12-10-8-6-4-2/h17-18,47,50-56,59-62H,3-16,19-46H2,1-2H3,(H,63,64)/b18-17+/t47-,50-,51+,52?,53?,54?,55-/m0/s1. The van der Waals surface area contributed by atoms with Gasteiger partial charge in [0, 0.05) is 12.8 Å². The van der Waals surface area contributed by atoms with Gasteiger partial charge < -0.3 is 39.9 Å². The van der Waals surface area contributed by atoms with Crippen LogP contribution in [0, 0.1) is 0 Å². The lowest BCUT2D eigenvalue weighted by molar-refractivity contribution is -0.231. The van der Waals surface area contributed by atoms with E-state index in [1.165, 1.54) is 186 Å². The third kappa shape index (κ3) is 37.1. The summed E-state index contributed by atoms with van der Waals surface area (Å²) in [7, 11) is -5.12. The molecule has 0 bridgehead atoms. The maximum absolute atomic E-state index is 12.9. The number of esters is 2. The number of hydrogen-bond acceptors (Lipinski definition) is 12. The summed E-state index contributed by atoms with van der Waals surface area (Å²) in [4.78, 5) is 35.4. The molecule has 0 aromatic heterocycles. The highest BCUT2D eigenvalue weighted by molar-refractivity contribution is 7.47. The molecule has 408 valence electrons. The fourth-order valence-electron chi connectivity index (χ4n) is 9.07. The van der Waals surface area contributed by atoms with Crippen molar-refractivity contribution in [1.82, 2.24) is 0 Å². The van der Waals surface area contributed by atoms with Crippen LogP contribution in [0.25, 0.3) is 0 Å². The van der Waals surface area contributed by atoms with E-state index in [1.807, 2.05) is 0 Å². The smallest absolute Gasteiger partial charge is 0.463 e. The van der Waals surface area contributed by atoms with E-state index in [4.69, 9.17) is 18.5 Å². The molecule has 6 N–H and O–H groups in total. The number of allylic oxidation sites excluding steroid dienone is 2. The van der Waals surface area contributed by atoms with Crippen molar-refractivity contribution in [2.45, 2.75) is 313 Å². The molecule has 0 spiro atoms. The first-order chi connectivity index (χ1) is 33.4. The third-order valence-corrected chi connectivity index (χ3v) is 14.5. The molecule has 1 aliphatic carbocycles. The predicted octanol–water partition coefficient (Wildman–Crippen LogP) is 13.0. The Labute approximate surface area is 420 Å². The largest absolute Gasteiger partial charge is 0.472 e. The summed E-state index contributed by atoms with van der Waals surface area (Å²) in [5, 5.41) is 52.0. The van der Waals surface area contributed by atoms with Crippen molar-refractivity contribution in [1.29, 1.82) is 0 Å². The molecule has 1 aliphatic rings. The van der Waals surface area contributed by atoms with Crippen LogP contribution in [0.1, 0.15) is 271 Å². The topological polar surface area (TPSA) is 210 Å². The first kappa shape index (κ1) is 65.6. The van der Waals surface area contributed by atoms with Crippen molar-refractivity contribution in [2.75, 3.05) is 13.2 Å². The lowest BCUT2D eigenvalue weighted by Crippen LogP contribution is -2.65. The minimum Gasteiger partial charge on any atom is -0.463 e. The number of aliphatic hydroxyl groups is 5. The van der Waals surface area contributed by atoms with Gasteiger partial charge in [0.2, 0.25) is 0 Å². The second-order valence-corrected chi connectivity index (χ2v) is 21.6. The molecule has 69 heavy (non-hydrogen) atoms. The Hall–Kier alpha value is -1.41. The molecular weight excluding hydrogens is 900 g/mol. The number of carbonyl (C=O) groups excluding carboxylic acids is 2. The zero-order chi connectivity index (χ0) is 50.6. The fraction of sp³-hybridized carbons (Fsp3) is 0.927. The van der Waals surface area contributed by atoms with Gasteiger partial charge in [-0.1, -0.05) is 231 Å². The molecule has 0 radical (unpaired) electrons. The quantitative estimate of drug-likeness (QED) is 0.0145. The predicted molar refractivity (Wildman–Crippen MR) is 277 cm³/mol. The van der Waals surface area contributed by atoms with E-state index in [0.717, 1.165) is 44.9 Å². The van der Waals surface area contributed by atoms with Crippen molar-refractivity contribution in [3.63, 3.8) is 0 Å². The Balaban J connectivity index is 2.11. The zero-order valence-electron chi connectivity index (χ0n) is 43.9. The number of phosphoric ester groups is 1. The summed E-state index contributed by atoms with van der Waals surface area (Å²) < 4.78 is 33.2. The Morgan fingerprint density at radius 3 is 1.14 bits per heavy atom. The number of ether oxygens (including phenoxy) is 2. The van der Waals surface area contributed by atoms with Gasteiger partial charge in [-0.25, -0.2) is 4.57 Å². The van der Waals surface area contributed by atoms with E-state index < -0.39 is 75.7 Å². The molecule has 0 aromatic rings. The van der Waals surface area contributed by atoms with Crippen molar-refractivity contribution >= 4 is 19.8 Å². The van der Waals surface area contributed by atoms with Gasteiger partial charge in [-0.15, -0.1) is 0 Å². The molecular formula is C55H105O13P. The third-order valence-electron chi connectivity index (χ3n) is 13.6. The number of aliphatic hydroxyl groups excluding tert-OH is 5. The number of phosphoric acid groups is 1. The Bertz CT molecular complexity index is 1270. The molecule has 0 amide bonds. The van der Waals surface area contributed by atoms with Crippen LogP contribution in [0.5, 0.6) is 0 Å². The summed E-state index contributed by atoms with van der Waals surface area (Å²) in [6, 6.07) is 0. The lowest BCUT2D eigenvalue weighted by atomic mass is 9.85. The summed E-state index contributed by atoms with van der Waals surface area (Å²) in [6.45, 7) is 3.20. The molecule has 1 saturated carbocycles. The van der Waals surface area contributed by atoms with Crippen LogP contribution in [0.3, 0.4) is 0 Å². The zero-order valence-corrected chi connectivity index (χ0v) is 44.8. The van der Waals surface area contributed by atoms with Gasteiger partial charge in [0.25, 0.3) is 0 Å². The van der Waals surface area contributed by atoms with Crippen molar-refractivity contribution < 1.29 is 63.1 Å². The summed E-state index contributed by atoms with van der Waals surface area (Å²) in [5.74, 6) is -1.28. The normalized spacial score (nSPS) is 20.9. The number of rotatable bonds is 49. The number of carbonyl (C=O) groups is 2. The van der Waals surface area contributed by atoms with E-state index in [-0.39, 0.29) is 12.8 Å². The maximum Gasteiger partial charge on any atom is 0.472 e. The molecule has 4 unspecified atom stereocenters. The molecule has 0 aliphatic heterocycles. The maximum atomic E-state index is 12.9. The van der Waals surface area contributed by atoms with Crippen LogP contribution < -0.4 is 0 Å². The van der Waals surface area contributed by atoms with Crippen LogP contribution in [-0.4, -0.2) is 98.3 Å². The monoisotopic (exact) mass is 1000 g/mol. The van der Waals surface area contributed by atoms with E-state index >= 15 is 0 Å². The highest BCUT2D eigenvalue weighted by Gasteiger charge is 2.53. The number of hydrogen-bond donors (Lipinski definition) is 6. The molecule has 0 heterocycles. The van der Waals surface area contributed by atoms with Crippen molar-refractivity contribution in [2.24, 2.45) is 0 Å². The van der Waals surface area contributed by atoms with Gasteiger partial charge in [-0.2, -0.15) is 0 Å². The minimum atomic E-state index is -5.12. The van der Waals surface area contributed by atoms with Crippen LogP contribution >= 0.6 is 7.82 Å². The van der Waals surface area contributed by atoms with Gasteiger partial charge in [-0.05, 0) is 38.5 Å². The van der Waals surface area contributed by atoms with Gasteiger partial charge >= 0.3 is 19.8 Å². The first-order valence-corrected chi connectivity index (χ1v) is 30.0. The van der Waals surface area contributed by atoms with Crippen molar-refractivity contribution in [3.8, 4) is 0 Å². The summed E-state index contributed by atoms with van der Waals surface area (Å²) >= 11 is 0. The average molecular weight is 1010 g/mol. The van der Waals surface area contributed by atoms with E-state index in [9.17, 15) is 44.6 Å². The molecule has 1 rings (SSSR count). The van der Waals surface area contributed by atoms with Crippen LogP contribution in [0.15, 0.2) is 12.2 Å². The van der Waals surface area contributed by atoms with Crippen LogP contribution in [0.4, 0.5) is 0 Å². The molecule has 8 atom stereocenters. The second-order valence-electron chi connectivity index (χ2n) is 20.2. The average Bonchev–Trinajstić information content (AvgIpc) is 3.33. The Kier molecular flexibility index (Phi) is 43.0. The van der Waals surface area contributed by atoms with Crippen LogP contribution in [0.2, 0.25) is 0 Å². The second kappa shape index (κ2) is 45.2. The molecule has 1 fully saturated rings. The molecule has 13 nitrogen and oxygen atoms in total. The molecule has 0 aromatic carbocycles. The fourth-order valence-corrected chi connectivity index (χ4v) is 10.0. The highest BCUT2D eigenvalue weighted by atomic mass is 31.2. The van der Waals surface area contributed by atoms with Gasteiger partial charge in [0.1, 0.15) is 43.2 Å². The van der Waals surface area contributed by atoms with Crippen LogP contribution in [-0.2, 0) is 32.7 Å².